The van der Waals surface area contributed by atoms with Crippen LogP contribution >= 0.6 is 0 Å². The third-order valence-electron chi connectivity index (χ3n) is 5.62. The van der Waals surface area contributed by atoms with Gasteiger partial charge in [0.05, 0.1) is 19.8 Å². The van der Waals surface area contributed by atoms with Gasteiger partial charge in [-0.25, -0.2) is 4.79 Å². The van der Waals surface area contributed by atoms with E-state index in [1.165, 1.54) is 5.56 Å². The van der Waals surface area contributed by atoms with Gasteiger partial charge in [-0.1, -0.05) is 18.2 Å². The predicted octanol–water partition coefficient (Wildman–Crippen LogP) is 1.50. The zero-order valence-corrected chi connectivity index (χ0v) is 14.7. The summed E-state index contributed by atoms with van der Waals surface area (Å²) in [6, 6.07) is 8.52. The van der Waals surface area contributed by atoms with Crippen LogP contribution in [0.3, 0.4) is 0 Å². The molecule has 2 saturated heterocycles. The molecule has 3 aliphatic rings. The highest BCUT2D eigenvalue weighted by atomic mass is 16.5. The van der Waals surface area contributed by atoms with Gasteiger partial charge in [-0.05, 0) is 24.5 Å². The highest BCUT2D eigenvalue weighted by Crippen LogP contribution is 2.27. The minimum Gasteiger partial charge on any atom is -0.381 e. The van der Waals surface area contributed by atoms with Gasteiger partial charge in [0, 0.05) is 50.4 Å². The van der Waals surface area contributed by atoms with E-state index in [1.807, 2.05) is 23.1 Å². The second-order valence-corrected chi connectivity index (χ2v) is 7.06. The minimum absolute atomic E-state index is 0.0159. The minimum atomic E-state index is 0.0159. The predicted molar refractivity (Wildman–Crippen MR) is 96.0 cm³/mol. The van der Waals surface area contributed by atoms with E-state index in [2.05, 4.69) is 16.3 Å². The molecule has 6 nitrogen and oxygen atoms in total. The van der Waals surface area contributed by atoms with Gasteiger partial charge in [0.15, 0.2) is 0 Å². The normalized spacial score (nSPS) is 25.0. The van der Waals surface area contributed by atoms with Gasteiger partial charge in [-0.15, -0.1) is 0 Å². The maximum atomic E-state index is 12.8. The SMILES string of the molecule is O=C(NCC(C1CCOC1)N1CCOCC1)N1CCc2ccccc21. The van der Waals surface area contributed by atoms with Crippen molar-refractivity contribution in [2.45, 2.75) is 18.9 Å². The van der Waals surface area contributed by atoms with Crippen molar-refractivity contribution in [2.24, 2.45) is 5.92 Å². The summed E-state index contributed by atoms with van der Waals surface area (Å²) in [6.45, 7) is 6.48. The first-order chi connectivity index (χ1) is 12.3. The third-order valence-corrected chi connectivity index (χ3v) is 5.62. The second kappa shape index (κ2) is 7.72. The first-order valence-corrected chi connectivity index (χ1v) is 9.36. The van der Waals surface area contributed by atoms with Crippen molar-refractivity contribution in [1.82, 2.24) is 10.2 Å². The number of nitrogens with zero attached hydrogens (tertiary/aromatic N) is 2. The smallest absolute Gasteiger partial charge is 0.321 e. The van der Waals surface area contributed by atoms with Gasteiger partial charge in [-0.2, -0.15) is 0 Å². The summed E-state index contributed by atoms with van der Waals surface area (Å²) in [5.74, 6) is 0.490. The Hall–Kier alpha value is -1.63. The van der Waals surface area contributed by atoms with Crippen LogP contribution in [0.15, 0.2) is 24.3 Å². The molecule has 4 rings (SSSR count). The lowest BCUT2D eigenvalue weighted by Crippen LogP contribution is -2.53. The van der Waals surface area contributed by atoms with Gasteiger partial charge >= 0.3 is 6.03 Å². The number of hydrogen-bond donors (Lipinski definition) is 1. The molecule has 0 aromatic heterocycles. The largest absolute Gasteiger partial charge is 0.381 e. The zero-order valence-electron chi connectivity index (χ0n) is 14.7. The number of amides is 2. The van der Waals surface area contributed by atoms with E-state index < -0.39 is 0 Å². The fraction of sp³-hybridized carbons (Fsp3) is 0.632. The first kappa shape index (κ1) is 16.8. The Morgan fingerprint density at radius 1 is 1.16 bits per heavy atom. The average molecular weight is 345 g/mol. The van der Waals surface area contributed by atoms with Crippen molar-refractivity contribution in [3.05, 3.63) is 29.8 Å². The van der Waals surface area contributed by atoms with E-state index in [1.54, 1.807) is 0 Å². The Bertz CT molecular complexity index is 597. The number of anilines is 1. The summed E-state index contributed by atoms with van der Waals surface area (Å²) < 4.78 is 11.1. The molecule has 6 heteroatoms. The lowest BCUT2D eigenvalue weighted by molar-refractivity contribution is 0.00217. The van der Waals surface area contributed by atoms with E-state index in [9.17, 15) is 4.79 Å². The topological polar surface area (TPSA) is 54.0 Å². The Balaban J connectivity index is 1.39. The van der Waals surface area contributed by atoms with Gasteiger partial charge in [0.2, 0.25) is 0 Å². The van der Waals surface area contributed by atoms with Crippen LogP contribution in [0.4, 0.5) is 10.5 Å². The number of morpholine rings is 1. The molecule has 3 heterocycles. The van der Waals surface area contributed by atoms with E-state index in [0.29, 0.717) is 18.5 Å². The van der Waals surface area contributed by atoms with Crippen LogP contribution in [-0.4, -0.2) is 69.6 Å². The fourth-order valence-electron chi connectivity index (χ4n) is 4.20. The molecule has 2 amide bonds. The maximum Gasteiger partial charge on any atom is 0.321 e. The molecule has 136 valence electrons. The number of rotatable bonds is 4. The first-order valence-electron chi connectivity index (χ1n) is 9.36. The Morgan fingerprint density at radius 3 is 2.80 bits per heavy atom. The molecule has 0 spiro atoms. The van der Waals surface area contributed by atoms with Crippen LogP contribution < -0.4 is 10.2 Å². The van der Waals surface area contributed by atoms with Crippen LogP contribution in [0, 0.1) is 5.92 Å². The van der Waals surface area contributed by atoms with Crippen molar-refractivity contribution in [1.29, 1.82) is 0 Å². The molecule has 2 unspecified atom stereocenters. The Kier molecular flexibility index (Phi) is 5.20. The van der Waals surface area contributed by atoms with Gasteiger partial charge in [0.25, 0.3) is 0 Å². The quantitative estimate of drug-likeness (QED) is 0.898. The molecule has 1 aromatic carbocycles. The lowest BCUT2D eigenvalue weighted by Gasteiger charge is -2.37. The van der Waals surface area contributed by atoms with Gasteiger partial charge in [0.1, 0.15) is 0 Å². The second-order valence-electron chi connectivity index (χ2n) is 7.06. The van der Waals surface area contributed by atoms with Crippen molar-refractivity contribution in [3.63, 3.8) is 0 Å². The molecule has 3 aliphatic heterocycles. The maximum absolute atomic E-state index is 12.8. The molecular formula is C19H27N3O3. The highest BCUT2D eigenvalue weighted by molar-refractivity contribution is 5.94. The molecule has 1 aromatic rings. The zero-order chi connectivity index (χ0) is 17.1. The summed E-state index contributed by atoms with van der Waals surface area (Å²) in [5, 5.41) is 3.19. The summed E-state index contributed by atoms with van der Waals surface area (Å²) in [7, 11) is 0. The van der Waals surface area contributed by atoms with Crippen molar-refractivity contribution in [3.8, 4) is 0 Å². The van der Waals surface area contributed by atoms with Crippen molar-refractivity contribution >= 4 is 11.7 Å². The monoisotopic (exact) mass is 345 g/mol. The molecular weight excluding hydrogens is 318 g/mol. The summed E-state index contributed by atoms with van der Waals surface area (Å²) in [4.78, 5) is 17.1. The summed E-state index contributed by atoms with van der Waals surface area (Å²) in [6.07, 6.45) is 2.01. The van der Waals surface area contributed by atoms with Crippen LogP contribution in [0.5, 0.6) is 0 Å². The van der Waals surface area contributed by atoms with Crippen LogP contribution in [0.25, 0.3) is 0 Å². The number of hydrogen-bond acceptors (Lipinski definition) is 4. The average Bonchev–Trinajstić information content (AvgIpc) is 3.32. The van der Waals surface area contributed by atoms with Crippen LogP contribution in [-0.2, 0) is 15.9 Å². The molecule has 0 bridgehead atoms. The number of carbonyl (C=O) groups is 1. The molecule has 2 fully saturated rings. The molecule has 0 aliphatic carbocycles. The van der Waals surface area contributed by atoms with Crippen LogP contribution in [0.1, 0.15) is 12.0 Å². The molecule has 2 atom stereocenters. The number of nitrogens with one attached hydrogen (secondary N) is 1. The standard InChI is InChI=1S/C19H27N3O3/c23-19(22-7-5-15-3-1-2-4-17(15)22)20-13-18(16-6-10-25-14-16)21-8-11-24-12-9-21/h1-4,16,18H,5-14H2,(H,20,23). The van der Waals surface area contributed by atoms with Gasteiger partial charge < -0.3 is 14.8 Å². The fourth-order valence-corrected chi connectivity index (χ4v) is 4.20. The van der Waals surface area contributed by atoms with E-state index in [4.69, 9.17) is 9.47 Å². The lowest BCUT2D eigenvalue weighted by atomic mass is 9.97. The molecule has 25 heavy (non-hydrogen) atoms. The number of ether oxygens (including phenoxy) is 2. The molecule has 1 N–H and O–H groups in total. The summed E-state index contributed by atoms with van der Waals surface area (Å²) >= 11 is 0. The van der Waals surface area contributed by atoms with E-state index >= 15 is 0 Å². The number of carbonyl (C=O) groups excluding carboxylic acids is 1. The van der Waals surface area contributed by atoms with E-state index in [-0.39, 0.29) is 6.03 Å². The van der Waals surface area contributed by atoms with Gasteiger partial charge in [-0.3, -0.25) is 9.80 Å². The molecule has 0 saturated carbocycles. The number of fused-ring (bicyclic) bond motifs is 1. The van der Waals surface area contributed by atoms with E-state index in [0.717, 1.165) is 64.6 Å². The Morgan fingerprint density at radius 2 is 2.00 bits per heavy atom. The summed E-state index contributed by atoms with van der Waals surface area (Å²) in [5.41, 5.74) is 2.30. The van der Waals surface area contributed by atoms with Crippen molar-refractivity contribution in [2.75, 3.05) is 57.5 Å². The molecule has 0 radical (unpaired) electrons. The van der Waals surface area contributed by atoms with Crippen LogP contribution in [0.2, 0.25) is 0 Å². The van der Waals surface area contributed by atoms with Crippen molar-refractivity contribution < 1.29 is 14.3 Å². The Labute approximate surface area is 149 Å². The highest BCUT2D eigenvalue weighted by Gasteiger charge is 2.32. The number of para-hydroxylation sites is 1. The third kappa shape index (κ3) is 3.66. The number of urea groups is 1. The number of benzene rings is 1.